The SMILES string of the molecule is NS(=O)(=O)c1c(S(=O)(=O)N[C@@H]2CCNC2)ccc(N2CCN(C(=O)CO)CC2)c1-c1nnn[nH]1. The Hall–Kier alpha value is -2.70. The summed E-state index contributed by atoms with van der Waals surface area (Å²) in [5, 5.41) is 31.0. The standard InChI is InChI=1S/C17H25N9O6S2/c18-33(29,30)16-13(34(31,32)22-11-3-4-19-9-11)2-1-12(15(16)17-20-23-24-21-17)25-5-7-26(8-6-25)14(28)10-27/h1-2,11,19,22,27H,3-10H2,(H2,18,29,30)(H,20,21,23,24)/t11-/m1/s1. The van der Waals surface area contributed by atoms with Crippen LogP contribution in [0.3, 0.4) is 0 Å². The van der Waals surface area contributed by atoms with Gasteiger partial charge in [-0.3, -0.25) is 4.79 Å². The number of piperazine rings is 1. The van der Waals surface area contributed by atoms with E-state index in [9.17, 15) is 21.6 Å². The van der Waals surface area contributed by atoms with E-state index in [-0.39, 0.29) is 24.5 Å². The lowest BCUT2D eigenvalue weighted by Gasteiger charge is -2.37. The van der Waals surface area contributed by atoms with Crippen LogP contribution in [0.5, 0.6) is 0 Å². The van der Waals surface area contributed by atoms with Crippen molar-refractivity contribution >= 4 is 31.6 Å². The molecule has 4 rings (SSSR count). The topological polar surface area (TPSA) is 217 Å². The number of nitrogens with zero attached hydrogens (tertiary/aromatic N) is 5. The molecular formula is C17H25N9O6S2. The summed E-state index contributed by atoms with van der Waals surface area (Å²) in [4.78, 5) is 13.9. The lowest BCUT2D eigenvalue weighted by Crippen LogP contribution is -2.49. The number of H-pyrrole nitrogens is 1. The monoisotopic (exact) mass is 515 g/mol. The molecule has 186 valence electrons. The molecule has 2 aromatic rings. The van der Waals surface area contributed by atoms with Crippen molar-refractivity contribution in [2.45, 2.75) is 22.3 Å². The van der Waals surface area contributed by atoms with Crippen LogP contribution >= 0.6 is 0 Å². The quantitative estimate of drug-likeness (QED) is 0.247. The molecule has 2 saturated heterocycles. The number of nitrogens with two attached hydrogens (primary N) is 1. The molecule has 2 aliphatic rings. The lowest BCUT2D eigenvalue weighted by molar-refractivity contribution is -0.134. The van der Waals surface area contributed by atoms with Crippen molar-refractivity contribution < 1.29 is 26.7 Å². The second-order valence-corrected chi connectivity index (χ2v) is 11.1. The van der Waals surface area contributed by atoms with Gasteiger partial charge in [0.05, 0.1) is 5.56 Å². The van der Waals surface area contributed by atoms with Gasteiger partial charge in [0.1, 0.15) is 16.4 Å². The molecule has 2 fully saturated rings. The molecule has 1 atom stereocenters. The summed E-state index contributed by atoms with van der Waals surface area (Å²) in [6, 6.07) is 2.26. The van der Waals surface area contributed by atoms with Crippen molar-refractivity contribution in [3.05, 3.63) is 12.1 Å². The zero-order chi connectivity index (χ0) is 24.5. The van der Waals surface area contributed by atoms with Crippen molar-refractivity contribution in [1.29, 1.82) is 0 Å². The first-order valence-corrected chi connectivity index (χ1v) is 13.5. The molecule has 1 aromatic heterocycles. The van der Waals surface area contributed by atoms with Gasteiger partial charge in [-0.15, -0.1) is 5.10 Å². The first kappa shape index (κ1) is 24.4. The third kappa shape index (κ3) is 4.89. The van der Waals surface area contributed by atoms with E-state index < -0.39 is 48.4 Å². The number of tetrazole rings is 1. The van der Waals surface area contributed by atoms with E-state index in [4.69, 9.17) is 10.2 Å². The molecule has 0 spiro atoms. The Labute approximate surface area is 195 Å². The Morgan fingerprint density at radius 2 is 1.94 bits per heavy atom. The molecule has 0 bridgehead atoms. The van der Waals surface area contributed by atoms with Gasteiger partial charge in [0.25, 0.3) is 0 Å². The summed E-state index contributed by atoms with van der Waals surface area (Å²) >= 11 is 0. The van der Waals surface area contributed by atoms with Gasteiger partial charge in [0, 0.05) is 44.5 Å². The first-order valence-electron chi connectivity index (χ1n) is 10.4. The van der Waals surface area contributed by atoms with E-state index in [1.54, 1.807) is 4.90 Å². The van der Waals surface area contributed by atoms with Crippen LogP contribution in [-0.2, 0) is 24.8 Å². The molecule has 3 heterocycles. The molecule has 1 aromatic carbocycles. The number of anilines is 1. The third-order valence-corrected chi connectivity index (χ3v) is 8.43. The minimum atomic E-state index is -4.57. The molecular weight excluding hydrogens is 490 g/mol. The van der Waals surface area contributed by atoms with E-state index in [2.05, 4.69) is 30.7 Å². The van der Waals surface area contributed by atoms with E-state index in [0.29, 0.717) is 38.3 Å². The van der Waals surface area contributed by atoms with Crippen LogP contribution in [0.25, 0.3) is 11.4 Å². The van der Waals surface area contributed by atoms with E-state index >= 15 is 0 Å². The van der Waals surface area contributed by atoms with Gasteiger partial charge < -0.3 is 20.2 Å². The number of sulfonamides is 2. The van der Waals surface area contributed by atoms with Crippen LogP contribution in [0.15, 0.2) is 21.9 Å². The normalized spacial score (nSPS) is 19.5. The highest BCUT2D eigenvalue weighted by atomic mass is 32.2. The summed E-state index contributed by atoms with van der Waals surface area (Å²) in [7, 11) is -8.84. The van der Waals surface area contributed by atoms with Crippen LogP contribution in [0.1, 0.15) is 6.42 Å². The molecule has 2 aliphatic heterocycles. The number of aliphatic hydroxyl groups is 1. The molecule has 0 aliphatic carbocycles. The van der Waals surface area contributed by atoms with Gasteiger partial charge >= 0.3 is 0 Å². The van der Waals surface area contributed by atoms with E-state index in [0.717, 1.165) is 0 Å². The van der Waals surface area contributed by atoms with Gasteiger partial charge in [-0.2, -0.15) is 0 Å². The first-order chi connectivity index (χ1) is 16.1. The summed E-state index contributed by atoms with van der Waals surface area (Å²) < 4.78 is 54.5. The zero-order valence-electron chi connectivity index (χ0n) is 18.0. The summed E-state index contributed by atoms with van der Waals surface area (Å²) in [5.41, 5.74) is 0.252. The number of aromatic nitrogens is 4. The fraction of sp³-hybridized carbons (Fsp3) is 0.529. The molecule has 0 unspecified atom stereocenters. The van der Waals surface area contributed by atoms with Gasteiger partial charge in [-0.05, 0) is 35.5 Å². The second-order valence-electron chi connectivity index (χ2n) is 7.92. The number of amides is 1. The van der Waals surface area contributed by atoms with Crippen molar-refractivity contribution in [3.63, 3.8) is 0 Å². The highest BCUT2D eigenvalue weighted by Gasteiger charge is 2.35. The molecule has 6 N–H and O–H groups in total. The van der Waals surface area contributed by atoms with Crippen LogP contribution in [-0.4, -0.2) is 105 Å². The Morgan fingerprint density at radius 3 is 2.50 bits per heavy atom. The largest absolute Gasteiger partial charge is 0.387 e. The highest BCUT2D eigenvalue weighted by Crippen LogP contribution is 2.38. The van der Waals surface area contributed by atoms with Crippen molar-refractivity contribution in [2.75, 3.05) is 50.8 Å². The fourth-order valence-electron chi connectivity index (χ4n) is 4.14. The number of rotatable bonds is 7. The van der Waals surface area contributed by atoms with Crippen molar-refractivity contribution in [2.24, 2.45) is 5.14 Å². The van der Waals surface area contributed by atoms with Crippen LogP contribution in [0.4, 0.5) is 5.69 Å². The Bertz CT molecular complexity index is 1250. The number of aromatic amines is 1. The van der Waals surface area contributed by atoms with Gasteiger partial charge in [-0.25, -0.2) is 31.8 Å². The summed E-state index contributed by atoms with van der Waals surface area (Å²) in [6.07, 6.45) is 0.553. The van der Waals surface area contributed by atoms with Crippen LogP contribution < -0.4 is 20.1 Å². The average Bonchev–Trinajstić information content (AvgIpc) is 3.51. The average molecular weight is 516 g/mol. The smallest absolute Gasteiger partial charge is 0.248 e. The number of hydrogen-bond donors (Lipinski definition) is 5. The number of benzene rings is 1. The number of aliphatic hydroxyl groups excluding tert-OH is 1. The van der Waals surface area contributed by atoms with Gasteiger partial charge in [0.15, 0.2) is 5.82 Å². The molecule has 15 nitrogen and oxygen atoms in total. The van der Waals surface area contributed by atoms with Crippen LogP contribution in [0.2, 0.25) is 0 Å². The maximum absolute atomic E-state index is 13.2. The van der Waals surface area contributed by atoms with E-state index in [1.807, 2.05) is 0 Å². The van der Waals surface area contributed by atoms with E-state index in [1.165, 1.54) is 17.0 Å². The Kier molecular flexibility index (Phi) is 6.83. The predicted octanol–water partition coefficient (Wildman–Crippen LogP) is -3.20. The molecule has 0 saturated carbocycles. The highest BCUT2D eigenvalue weighted by molar-refractivity contribution is 7.92. The lowest BCUT2D eigenvalue weighted by atomic mass is 10.1. The third-order valence-electron chi connectivity index (χ3n) is 5.75. The van der Waals surface area contributed by atoms with Gasteiger partial charge in [0.2, 0.25) is 26.0 Å². The minimum Gasteiger partial charge on any atom is -0.387 e. The van der Waals surface area contributed by atoms with Gasteiger partial charge in [-0.1, -0.05) is 0 Å². The Morgan fingerprint density at radius 1 is 1.21 bits per heavy atom. The maximum atomic E-state index is 13.2. The molecule has 17 heteroatoms. The number of carbonyl (C=O) groups is 1. The fourth-order valence-corrected chi connectivity index (χ4v) is 7.01. The molecule has 34 heavy (non-hydrogen) atoms. The maximum Gasteiger partial charge on any atom is 0.248 e. The summed E-state index contributed by atoms with van der Waals surface area (Å²) in [6.45, 7) is 1.57. The zero-order valence-corrected chi connectivity index (χ0v) is 19.6. The number of primary sulfonamides is 1. The number of nitrogens with one attached hydrogen (secondary N) is 3. The number of carbonyl (C=O) groups excluding carboxylic acids is 1. The van der Waals surface area contributed by atoms with Crippen LogP contribution in [0, 0.1) is 0 Å². The Balaban J connectivity index is 1.82. The van der Waals surface area contributed by atoms with Crippen molar-refractivity contribution in [3.8, 4) is 11.4 Å². The second kappa shape index (κ2) is 9.51. The van der Waals surface area contributed by atoms with Crippen molar-refractivity contribution in [1.82, 2.24) is 35.6 Å². The summed E-state index contributed by atoms with van der Waals surface area (Å²) in [5.74, 6) is -0.495. The molecule has 1 amide bonds. The minimum absolute atomic E-state index is 0.0764. The number of hydrogen-bond acceptors (Lipinski definition) is 11. The predicted molar refractivity (Wildman–Crippen MR) is 118 cm³/mol. The molecule has 0 radical (unpaired) electrons.